The Kier molecular flexibility index (Phi) is 7.01. The second-order valence-corrected chi connectivity index (χ2v) is 9.97. The summed E-state index contributed by atoms with van der Waals surface area (Å²) in [5.41, 5.74) is 2.62. The fraction of sp³-hybridized carbons (Fsp3) is 0.333. The minimum Gasteiger partial charge on any atom is -0.489 e. The van der Waals surface area contributed by atoms with Crippen LogP contribution >= 0.6 is 11.3 Å². The number of aromatic carboxylic acids is 1. The number of carbonyl (C=O) groups excluding carboxylic acids is 1. The van der Waals surface area contributed by atoms with E-state index in [1.165, 1.54) is 11.3 Å². The van der Waals surface area contributed by atoms with Crippen molar-refractivity contribution in [3.63, 3.8) is 0 Å². The highest BCUT2D eigenvalue weighted by molar-refractivity contribution is 7.12. The number of rotatable bonds is 8. The lowest BCUT2D eigenvalue weighted by Crippen LogP contribution is -2.52. The molecule has 2 aromatic carbocycles. The molecule has 0 unspecified atom stereocenters. The summed E-state index contributed by atoms with van der Waals surface area (Å²) in [5.74, 6) is 0.139. The molecule has 1 amide bonds. The van der Waals surface area contributed by atoms with Gasteiger partial charge in [-0.3, -0.25) is 4.90 Å². The molecule has 7 nitrogen and oxygen atoms in total. The highest BCUT2D eigenvalue weighted by Gasteiger charge is 2.36. The van der Waals surface area contributed by atoms with Crippen molar-refractivity contribution >= 4 is 23.4 Å². The second-order valence-electron chi connectivity index (χ2n) is 9.06. The van der Waals surface area contributed by atoms with Crippen molar-refractivity contribution in [3.05, 3.63) is 87.6 Å². The van der Waals surface area contributed by atoms with E-state index in [2.05, 4.69) is 10.2 Å². The summed E-state index contributed by atoms with van der Waals surface area (Å²) in [4.78, 5) is 26.7. The summed E-state index contributed by atoms with van der Waals surface area (Å²) < 4.78 is 11.8. The van der Waals surface area contributed by atoms with E-state index in [1.807, 2.05) is 54.6 Å². The van der Waals surface area contributed by atoms with Gasteiger partial charge in [0, 0.05) is 12.1 Å². The molecule has 35 heavy (non-hydrogen) atoms. The third-order valence-corrected chi connectivity index (χ3v) is 7.68. The predicted molar refractivity (Wildman–Crippen MR) is 133 cm³/mol. The van der Waals surface area contributed by atoms with Crippen LogP contribution in [0.15, 0.2) is 66.0 Å². The van der Waals surface area contributed by atoms with Crippen LogP contribution in [0.4, 0.5) is 4.79 Å². The number of amides is 1. The number of benzene rings is 2. The van der Waals surface area contributed by atoms with E-state index >= 15 is 0 Å². The van der Waals surface area contributed by atoms with E-state index in [9.17, 15) is 9.59 Å². The average molecular weight is 493 g/mol. The highest BCUT2D eigenvalue weighted by Crippen LogP contribution is 2.31. The number of thiophene rings is 1. The lowest BCUT2D eigenvalue weighted by molar-refractivity contribution is -0.0336. The van der Waals surface area contributed by atoms with Gasteiger partial charge in [-0.1, -0.05) is 42.5 Å². The number of carbonyl (C=O) groups is 2. The van der Waals surface area contributed by atoms with Crippen LogP contribution in [-0.4, -0.2) is 47.8 Å². The molecule has 3 aliphatic heterocycles. The van der Waals surface area contributed by atoms with Gasteiger partial charge in [0.05, 0.1) is 6.04 Å². The molecule has 0 aliphatic carbocycles. The van der Waals surface area contributed by atoms with Crippen molar-refractivity contribution in [1.82, 2.24) is 10.2 Å². The van der Waals surface area contributed by atoms with Crippen LogP contribution in [0, 0.1) is 5.92 Å². The number of nitrogens with one attached hydrogen (secondary N) is 1. The molecule has 2 N–H and O–H groups in total. The van der Waals surface area contributed by atoms with Crippen molar-refractivity contribution in [2.24, 2.45) is 5.92 Å². The maximum absolute atomic E-state index is 13.0. The zero-order valence-electron chi connectivity index (χ0n) is 19.3. The van der Waals surface area contributed by atoms with Gasteiger partial charge in [-0.25, -0.2) is 9.59 Å². The van der Waals surface area contributed by atoms with Gasteiger partial charge in [0.1, 0.15) is 23.3 Å². The Morgan fingerprint density at radius 3 is 2.51 bits per heavy atom. The molecular formula is C27H28N2O5S. The summed E-state index contributed by atoms with van der Waals surface area (Å²) >= 11 is 1.18. The Morgan fingerprint density at radius 2 is 1.83 bits per heavy atom. The number of fused-ring (bicyclic) bond motifs is 3. The van der Waals surface area contributed by atoms with Crippen LogP contribution in [0.2, 0.25) is 0 Å². The van der Waals surface area contributed by atoms with E-state index in [0.717, 1.165) is 49.2 Å². The van der Waals surface area contributed by atoms with Gasteiger partial charge in [-0.15, -0.1) is 11.3 Å². The van der Waals surface area contributed by atoms with E-state index in [0.29, 0.717) is 11.7 Å². The van der Waals surface area contributed by atoms with E-state index in [1.54, 1.807) is 11.4 Å². The smallest absolute Gasteiger partial charge is 0.408 e. The molecule has 3 fully saturated rings. The Morgan fingerprint density at radius 1 is 1.06 bits per heavy atom. The number of carboxylic acids is 1. The Bertz CT molecular complexity index is 1170. The molecule has 3 saturated heterocycles. The van der Waals surface area contributed by atoms with Gasteiger partial charge in [-0.05, 0) is 66.6 Å². The normalized spacial score (nSPS) is 21.8. The predicted octanol–water partition coefficient (Wildman–Crippen LogP) is 4.94. The molecule has 182 valence electrons. The molecule has 2 atom stereocenters. The van der Waals surface area contributed by atoms with Crippen LogP contribution in [0.25, 0.3) is 0 Å². The van der Waals surface area contributed by atoms with Crippen LogP contribution in [0.1, 0.15) is 45.2 Å². The summed E-state index contributed by atoms with van der Waals surface area (Å²) in [6, 6.07) is 18.6. The summed E-state index contributed by atoms with van der Waals surface area (Å²) in [6.07, 6.45) is 1.68. The first kappa shape index (κ1) is 23.4. The van der Waals surface area contributed by atoms with Crippen molar-refractivity contribution in [2.75, 3.05) is 19.6 Å². The molecule has 3 aliphatic rings. The SMILES string of the molecule is O=C(N[C@@H](c1ccccc1)c1cccc(OCc2csc(C(=O)O)c2)c1)O[C@H]1CN2CCC1CC2. The number of alkyl carbamates (subject to hydrolysis) is 1. The number of piperidine rings is 3. The number of nitrogens with zero attached hydrogens (tertiary/aromatic N) is 1. The van der Waals surface area contributed by atoms with Gasteiger partial charge >= 0.3 is 12.1 Å². The number of hydrogen-bond acceptors (Lipinski definition) is 6. The lowest BCUT2D eigenvalue weighted by atomic mass is 9.86. The first-order valence-corrected chi connectivity index (χ1v) is 12.7. The fourth-order valence-electron chi connectivity index (χ4n) is 4.85. The third kappa shape index (κ3) is 5.66. The summed E-state index contributed by atoms with van der Waals surface area (Å²) in [7, 11) is 0. The maximum Gasteiger partial charge on any atom is 0.408 e. The first-order chi connectivity index (χ1) is 17.0. The quantitative estimate of drug-likeness (QED) is 0.463. The molecule has 1 aromatic heterocycles. The standard InChI is InChI=1S/C27H28N2O5S/c30-26(31)24-13-18(17-35-24)16-33-22-8-4-7-21(14-22)25(20-5-2-1-3-6-20)28-27(32)34-23-15-29-11-9-19(23)10-12-29/h1-8,13-14,17,19,23,25H,9-12,15-16H2,(H,28,32)(H,30,31)/t23-,25-/m0/s1. The molecule has 0 saturated carbocycles. The number of ether oxygens (including phenoxy) is 2. The van der Waals surface area contributed by atoms with Crippen LogP contribution in [0.5, 0.6) is 5.75 Å². The van der Waals surface area contributed by atoms with Crippen molar-refractivity contribution in [1.29, 1.82) is 0 Å². The van der Waals surface area contributed by atoms with E-state index in [-0.39, 0.29) is 17.6 Å². The zero-order chi connectivity index (χ0) is 24.2. The molecule has 4 heterocycles. The summed E-state index contributed by atoms with van der Waals surface area (Å²) in [5, 5.41) is 14.0. The average Bonchev–Trinajstić information content (AvgIpc) is 3.37. The molecule has 0 radical (unpaired) electrons. The Hall–Kier alpha value is -3.36. The zero-order valence-corrected chi connectivity index (χ0v) is 20.1. The van der Waals surface area contributed by atoms with E-state index < -0.39 is 18.1 Å². The maximum atomic E-state index is 13.0. The van der Waals surface area contributed by atoms with Crippen molar-refractivity contribution < 1.29 is 24.2 Å². The Balaban J connectivity index is 1.29. The minimum absolute atomic E-state index is 0.0649. The molecule has 8 heteroatoms. The van der Waals surface area contributed by atoms with Gasteiger partial charge < -0.3 is 19.9 Å². The monoisotopic (exact) mass is 492 g/mol. The molecular weight excluding hydrogens is 464 g/mol. The van der Waals surface area contributed by atoms with Crippen molar-refractivity contribution in [2.45, 2.75) is 31.6 Å². The molecule has 3 aromatic rings. The van der Waals surface area contributed by atoms with Gasteiger partial charge in [0.25, 0.3) is 0 Å². The second kappa shape index (κ2) is 10.5. The van der Waals surface area contributed by atoms with Gasteiger partial charge in [0.15, 0.2) is 0 Å². The van der Waals surface area contributed by atoms with Crippen LogP contribution < -0.4 is 10.1 Å². The van der Waals surface area contributed by atoms with Gasteiger partial charge in [-0.2, -0.15) is 0 Å². The minimum atomic E-state index is -0.940. The number of hydrogen-bond donors (Lipinski definition) is 2. The van der Waals surface area contributed by atoms with E-state index in [4.69, 9.17) is 14.6 Å². The van der Waals surface area contributed by atoms with Crippen molar-refractivity contribution in [3.8, 4) is 5.75 Å². The molecule has 6 rings (SSSR count). The van der Waals surface area contributed by atoms with Gasteiger partial charge in [0.2, 0.25) is 0 Å². The van der Waals surface area contributed by atoms with Crippen LogP contribution in [-0.2, 0) is 11.3 Å². The van der Waals surface area contributed by atoms with Crippen LogP contribution in [0.3, 0.4) is 0 Å². The molecule has 0 spiro atoms. The largest absolute Gasteiger partial charge is 0.489 e. The lowest BCUT2D eigenvalue weighted by Gasteiger charge is -2.43. The highest BCUT2D eigenvalue weighted by atomic mass is 32.1. The fourth-order valence-corrected chi connectivity index (χ4v) is 5.59. The topological polar surface area (TPSA) is 88.1 Å². The first-order valence-electron chi connectivity index (χ1n) is 11.8. The third-order valence-electron chi connectivity index (χ3n) is 6.71. The Labute approximate surface area is 208 Å². The summed E-state index contributed by atoms with van der Waals surface area (Å²) in [6.45, 7) is 3.25. The molecule has 2 bridgehead atoms. The number of carboxylic acid groups (broad SMARTS) is 1.